The van der Waals surface area contributed by atoms with Gasteiger partial charge in [0.25, 0.3) is 0 Å². The summed E-state index contributed by atoms with van der Waals surface area (Å²) < 4.78 is 16.8. The van der Waals surface area contributed by atoms with Crippen LogP contribution in [0.3, 0.4) is 0 Å². The summed E-state index contributed by atoms with van der Waals surface area (Å²) in [5.41, 5.74) is 0. The lowest BCUT2D eigenvalue weighted by molar-refractivity contribution is -0.167. The molecule has 0 aliphatic rings. The molecule has 0 aromatic heterocycles. The quantitative estimate of drug-likeness (QED) is 0.0262. The lowest BCUT2D eigenvalue weighted by Gasteiger charge is -2.18. The van der Waals surface area contributed by atoms with Crippen molar-refractivity contribution >= 4 is 17.9 Å². The van der Waals surface area contributed by atoms with Crippen LogP contribution in [-0.4, -0.2) is 37.2 Å². The summed E-state index contributed by atoms with van der Waals surface area (Å²) in [7, 11) is 0. The van der Waals surface area contributed by atoms with Crippen LogP contribution < -0.4 is 0 Å². The van der Waals surface area contributed by atoms with Crippen LogP contribution >= 0.6 is 0 Å². The third kappa shape index (κ3) is 50.5. The number of rotatable bonds is 50. The molecule has 63 heavy (non-hydrogen) atoms. The third-order valence-corrected chi connectivity index (χ3v) is 12.1. The molecule has 0 aromatic carbocycles. The van der Waals surface area contributed by atoms with Crippen LogP contribution in [0.2, 0.25) is 0 Å². The predicted octanol–water partition coefficient (Wildman–Crippen LogP) is 18.1. The van der Waals surface area contributed by atoms with E-state index in [1.54, 1.807) is 0 Å². The number of carbonyl (C=O) groups is 3. The highest BCUT2D eigenvalue weighted by atomic mass is 16.6. The smallest absolute Gasteiger partial charge is 0.306 e. The second-order valence-electron chi connectivity index (χ2n) is 18.5. The van der Waals surface area contributed by atoms with E-state index in [1.165, 1.54) is 180 Å². The highest BCUT2D eigenvalue weighted by molar-refractivity contribution is 5.71. The number of esters is 3. The fourth-order valence-corrected chi connectivity index (χ4v) is 7.90. The molecule has 0 rings (SSSR count). The van der Waals surface area contributed by atoms with Gasteiger partial charge >= 0.3 is 17.9 Å². The number of hydrogen-bond donors (Lipinski definition) is 0. The maximum Gasteiger partial charge on any atom is 0.306 e. The lowest BCUT2D eigenvalue weighted by Crippen LogP contribution is -2.30. The van der Waals surface area contributed by atoms with Crippen molar-refractivity contribution in [2.24, 2.45) is 0 Å². The van der Waals surface area contributed by atoms with E-state index >= 15 is 0 Å². The zero-order valence-corrected chi connectivity index (χ0v) is 42.1. The fourth-order valence-electron chi connectivity index (χ4n) is 7.90. The summed E-state index contributed by atoms with van der Waals surface area (Å²) in [5.74, 6) is -0.888. The van der Waals surface area contributed by atoms with E-state index in [4.69, 9.17) is 14.2 Å². The van der Waals surface area contributed by atoms with Crippen molar-refractivity contribution in [1.29, 1.82) is 0 Å². The molecule has 0 saturated heterocycles. The van der Waals surface area contributed by atoms with Gasteiger partial charge in [-0.3, -0.25) is 14.4 Å². The predicted molar refractivity (Wildman–Crippen MR) is 270 cm³/mol. The van der Waals surface area contributed by atoms with Gasteiger partial charge < -0.3 is 14.2 Å². The second-order valence-corrected chi connectivity index (χ2v) is 18.5. The molecule has 0 spiro atoms. The first-order valence-electron chi connectivity index (χ1n) is 27.5. The zero-order chi connectivity index (χ0) is 45.8. The first kappa shape index (κ1) is 60.6. The Morgan fingerprint density at radius 3 is 0.810 bits per heavy atom. The Morgan fingerprint density at radius 1 is 0.302 bits per heavy atom. The summed E-state index contributed by atoms with van der Waals surface area (Å²) in [5, 5.41) is 0. The average Bonchev–Trinajstić information content (AvgIpc) is 3.28. The summed E-state index contributed by atoms with van der Waals surface area (Å²) in [6, 6.07) is 0. The van der Waals surface area contributed by atoms with Gasteiger partial charge in [0.05, 0.1) is 0 Å². The van der Waals surface area contributed by atoms with Crippen molar-refractivity contribution in [2.75, 3.05) is 13.2 Å². The maximum absolute atomic E-state index is 12.8. The monoisotopic (exact) mass is 885 g/mol. The highest BCUT2D eigenvalue weighted by Crippen LogP contribution is 2.15. The van der Waals surface area contributed by atoms with Gasteiger partial charge in [0.15, 0.2) is 6.10 Å². The first-order valence-corrected chi connectivity index (χ1v) is 27.5. The summed E-state index contributed by atoms with van der Waals surface area (Å²) in [4.78, 5) is 38.0. The van der Waals surface area contributed by atoms with Crippen molar-refractivity contribution in [2.45, 2.75) is 297 Å². The normalized spacial score (nSPS) is 12.2. The average molecular weight is 885 g/mol. The van der Waals surface area contributed by atoms with Crippen LogP contribution in [-0.2, 0) is 28.6 Å². The van der Waals surface area contributed by atoms with Crippen LogP contribution in [0.4, 0.5) is 0 Å². The Hall–Kier alpha value is -2.37. The first-order chi connectivity index (χ1) is 31.0. The van der Waals surface area contributed by atoms with Gasteiger partial charge in [0.2, 0.25) is 0 Å². The van der Waals surface area contributed by atoms with E-state index in [1.807, 2.05) is 0 Å². The molecular formula is C57H104O6. The minimum absolute atomic E-state index is 0.0786. The molecule has 0 amide bonds. The van der Waals surface area contributed by atoms with E-state index in [0.29, 0.717) is 19.3 Å². The molecule has 0 bridgehead atoms. The summed E-state index contributed by atoms with van der Waals surface area (Å²) >= 11 is 0. The molecule has 368 valence electrons. The molecule has 0 radical (unpaired) electrons. The summed E-state index contributed by atoms with van der Waals surface area (Å²) in [6.07, 6.45) is 61.2. The Balaban J connectivity index is 4.37. The largest absolute Gasteiger partial charge is 0.462 e. The van der Waals surface area contributed by atoms with E-state index in [9.17, 15) is 14.4 Å². The van der Waals surface area contributed by atoms with Crippen LogP contribution in [0.15, 0.2) is 36.5 Å². The standard InChI is InChI=1S/C57H104O6/c1-4-7-10-13-16-19-22-25-27-28-30-32-35-38-41-44-47-50-56(59)62-53-54(52-61-55(58)49-46-43-40-37-34-31-24-21-18-15-12-9-6-3)63-57(60)51-48-45-42-39-36-33-29-26-23-20-17-14-11-8-5-2/h21,24-27,29,54H,4-20,22-23,28,30-53H2,1-3H3. The number of allylic oxidation sites excluding steroid dienone is 6. The van der Waals surface area contributed by atoms with Gasteiger partial charge in [-0.1, -0.05) is 211 Å². The van der Waals surface area contributed by atoms with Gasteiger partial charge in [-0.2, -0.15) is 0 Å². The second kappa shape index (κ2) is 52.3. The van der Waals surface area contributed by atoms with Crippen LogP contribution in [0.5, 0.6) is 0 Å². The minimum Gasteiger partial charge on any atom is -0.462 e. The lowest BCUT2D eigenvalue weighted by atomic mass is 10.1. The van der Waals surface area contributed by atoms with Crippen LogP contribution in [0.25, 0.3) is 0 Å². The van der Waals surface area contributed by atoms with Crippen molar-refractivity contribution in [3.05, 3.63) is 36.5 Å². The van der Waals surface area contributed by atoms with Crippen molar-refractivity contribution in [3.8, 4) is 0 Å². The molecule has 0 saturated carbocycles. The molecule has 1 unspecified atom stereocenters. The van der Waals surface area contributed by atoms with Gasteiger partial charge in [-0.05, 0) is 96.3 Å². The molecule has 6 nitrogen and oxygen atoms in total. The van der Waals surface area contributed by atoms with Crippen LogP contribution in [0, 0.1) is 0 Å². The SMILES string of the molecule is CCCCCCC=CCCCCCCCC(=O)OCC(COC(=O)CCCCCCCCCC=CCCCCCCCC)OC(=O)CCCCCCCC=CCCCCCCCC. The molecule has 0 heterocycles. The molecule has 1 atom stereocenters. The zero-order valence-electron chi connectivity index (χ0n) is 42.1. The van der Waals surface area contributed by atoms with Crippen molar-refractivity contribution in [3.63, 3.8) is 0 Å². The topological polar surface area (TPSA) is 78.9 Å². The molecule has 0 aliphatic heterocycles. The summed E-state index contributed by atoms with van der Waals surface area (Å²) in [6.45, 7) is 6.62. The van der Waals surface area contributed by atoms with Crippen LogP contribution in [0.1, 0.15) is 290 Å². The van der Waals surface area contributed by atoms with Gasteiger partial charge in [0.1, 0.15) is 13.2 Å². The Bertz CT molecular complexity index is 1060. The number of unbranched alkanes of at least 4 members (excludes halogenated alkanes) is 33. The fraction of sp³-hybridized carbons (Fsp3) is 0.842. The van der Waals surface area contributed by atoms with E-state index < -0.39 is 6.10 Å². The maximum atomic E-state index is 12.8. The Morgan fingerprint density at radius 2 is 0.524 bits per heavy atom. The number of ether oxygens (including phenoxy) is 3. The molecule has 0 aliphatic carbocycles. The van der Waals surface area contributed by atoms with Gasteiger partial charge in [-0.15, -0.1) is 0 Å². The minimum atomic E-state index is -0.779. The molecular weight excluding hydrogens is 781 g/mol. The molecule has 6 heteroatoms. The number of carbonyl (C=O) groups excluding carboxylic acids is 3. The highest BCUT2D eigenvalue weighted by Gasteiger charge is 2.19. The van der Waals surface area contributed by atoms with E-state index in [2.05, 4.69) is 57.2 Å². The molecule has 0 fully saturated rings. The van der Waals surface area contributed by atoms with Crippen molar-refractivity contribution < 1.29 is 28.6 Å². The molecule has 0 aromatic rings. The number of hydrogen-bond acceptors (Lipinski definition) is 6. The molecule has 0 N–H and O–H groups in total. The van der Waals surface area contributed by atoms with Gasteiger partial charge in [-0.25, -0.2) is 0 Å². The van der Waals surface area contributed by atoms with E-state index in [0.717, 1.165) is 70.6 Å². The van der Waals surface area contributed by atoms with Gasteiger partial charge in [0, 0.05) is 19.3 Å². The third-order valence-electron chi connectivity index (χ3n) is 12.1. The van der Waals surface area contributed by atoms with Crippen molar-refractivity contribution in [1.82, 2.24) is 0 Å². The Kier molecular flexibility index (Phi) is 50.3. The Labute approximate surface area is 391 Å². The van der Waals surface area contributed by atoms with E-state index in [-0.39, 0.29) is 31.1 Å².